The maximum absolute atomic E-state index is 6.01. The molecule has 0 aliphatic carbocycles. The minimum atomic E-state index is 0.565. The first-order valence-corrected chi connectivity index (χ1v) is 4.62. The second-order valence-corrected chi connectivity index (χ2v) is 3.52. The SMILES string of the molecule is Cc1c(Cl)cccc1-c1cn[nH]c1N. The summed E-state index contributed by atoms with van der Waals surface area (Å²) in [6.45, 7) is 1.96. The lowest BCUT2D eigenvalue weighted by molar-refractivity contribution is 1.10. The number of hydrogen-bond donors (Lipinski definition) is 2. The number of aromatic amines is 1. The summed E-state index contributed by atoms with van der Waals surface area (Å²) in [5, 5.41) is 7.31. The van der Waals surface area contributed by atoms with Gasteiger partial charge >= 0.3 is 0 Å². The number of benzene rings is 1. The van der Waals surface area contributed by atoms with E-state index in [4.69, 9.17) is 17.3 Å². The van der Waals surface area contributed by atoms with Gasteiger partial charge in [0.05, 0.1) is 6.20 Å². The summed E-state index contributed by atoms with van der Waals surface area (Å²) < 4.78 is 0. The van der Waals surface area contributed by atoms with Crippen molar-refractivity contribution in [1.82, 2.24) is 10.2 Å². The predicted octanol–water partition coefficient (Wildman–Crippen LogP) is 2.62. The lowest BCUT2D eigenvalue weighted by Crippen LogP contribution is -1.89. The van der Waals surface area contributed by atoms with Crippen LogP contribution in [0.2, 0.25) is 5.02 Å². The first-order chi connectivity index (χ1) is 6.70. The fourth-order valence-corrected chi connectivity index (χ4v) is 1.58. The smallest absolute Gasteiger partial charge is 0.126 e. The van der Waals surface area contributed by atoms with Crippen LogP contribution in [0.3, 0.4) is 0 Å². The van der Waals surface area contributed by atoms with E-state index in [1.807, 2.05) is 25.1 Å². The highest BCUT2D eigenvalue weighted by atomic mass is 35.5. The molecule has 72 valence electrons. The molecule has 0 spiro atoms. The number of hydrogen-bond acceptors (Lipinski definition) is 2. The quantitative estimate of drug-likeness (QED) is 0.755. The van der Waals surface area contributed by atoms with E-state index in [9.17, 15) is 0 Å². The van der Waals surface area contributed by atoms with Crippen molar-refractivity contribution < 1.29 is 0 Å². The molecule has 0 saturated heterocycles. The Labute approximate surface area is 86.9 Å². The molecule has 1 aromatic heterocycles. The largest absolute Gasteiger partial charge is 0.384 e. The van der Waals surface area contributed by atoms with E-state index in [-0.39, 0.29) is 0 Å². The molecular weight excluding hydrogens is 198 g/mol. The van der Waals surface area contributed by atoms with Crippen LogP contribution in [-0.2, 0) is 0 Å². The Morgan fingerprint density at radius 1 is 1.36 bits per heavy atom. The Kier molecular flexibility index (Phi) is 2.17. The molecule has 0 fully saturated rings. The highest BCUT2D eigenvalue weighted by molar-refractivity contribution is 6.31. The van der Waals surface area contributed by atoms with Crippen molar-refractivity contribution in [1.29, 1.82) is 0 Å². The topological polar surface area (TPSA) is 54.7 Å². The number of aromatic nitrogens is 2. The number of nitrogens with one attached hydrogen (secondary N) is 1. The average Bonchev–Trinajstić information content (AvgIpc) is 2.57. The molecule has 0 amide bonds. The van der Waals surface area contributed by atoms with Crippen molar-refractivity contribution in [2.75, 3.05) is 5.73 Å². The van der Waals surface area contributed by atoms with E-state index in [0.717, 1.165) is 21.7 Å². The molecular formula is C10H10ClN3. The number of H-pyrrole nitrogens is 1. The number of nitrogen functional groups attached to an aromatic ring is 1. The van der Waals surface area contributed by atoms with Gasteiger partial charge in [0.15, 0.2) is 0 Å². The van der Waals surface area contributed by atoms with Crippen molar-refractivity contribution in [2.45, 2.75) is 6.92 Å². The van der Waals surface area contributed by atoms with E-state index in [1.165, 1.54) is 0 Å². The minimum absolute atomic E-state index is 0.565. The highest BCUT2D eigenvalue weighted by Gasteiger charge is 2.08. The van der Waals surface area contributed by atoms with Crippen LogP contribution < -0.4 is 5.73 Å². The summed E-state index contributed by atoms with van der Waals surface area (Å²) in [4.78, 5) is 0. The Bertz CT molecular complexity index is 462. The second-order valence-electron chi connectivity index (χ2n) is 3.11. The summed E-state index contributed by atoms with van der Waals surface area (Å²) >= 11 is 6.01. The van der Waals surface area contributed by atoms with E-state index in [1.54, 1.807) is 6.20 Å². The van der Waals surface area contributed by atoms with Crippen LogP contribution >= 0.6 is 11.6 Å². The molecule has 0 unspecified atom stereocenters. The van der Waals surface area contributed by atoms with Gasteiger partial charge in [0, 0.05) is 10.6 Å². The molecule has 3 N–H and O–H groups in total. The van der Waals surface area contributed by atoms with Crippen LogP contribution in [0.5, 0.6) is 0 Å². The Morgan fingerprint density at radius 2 is 2.14 bits per heavy atom. The van der Waals surface area contributed by atoms with E-state index < -0.39 is 0 Å². The van der Waals surface area contributed by atoms with Gasteiger partial charge in [-0.25, -0.2) is 0 Å². The molecule has 0 bridgehead atoms. The van der Waals surface area contributed by atoms with Crippen molar-refractivity contribution in [3.8, 4) is 11.1 Å². The van der Waals surface area contributed by atoms with Crippen LogP contribution in [0, 0.1) is 6.92 Å². The Morgan fingerprint density at radius 3 is 2.79 bits per heavy atom. The van der Waals surface area contributed by atoms with E-state index >= 15 is 0 Å². The lowest BCUT2D eigenvalue weighted by atomic mass is 10.0. The van der Waals surface area contributed by atoms with Crippen molar-refractivity contribution in [3.63, 3.8) is 0 Å². The van der Waals surface area contributed by atoms with Crippen LogP contribution in [-0.4, -0.2) is 10.2 Å². The lowest BCUT2D eigenvalue weighted by Gasteiger charge is -2.05. The standard InChI is InChI=1S/C10H10ClN3/c1-6-7(3-2-4-9(6)11)8-5-13-14-10(8)12/h2-5H,1H3,(H3,12,13,14). The molecule has 0 atom stereocenters. The molecule has 0 aliphatic heterocycles. The van der Waals surface area contributed by atoms with Gasteiger partial charge < -0.3 is 5.73 Å². The Balaban J connectivity index is 2.63. The second kappa shape index (κ2) is 3.35. The number of halogens is 1. The molecule has 0 radical (unpaired) electrons. The Hall–Kier alpha value is -1.48. The fourth-order valence-electron chi connectivity index (χ4n) is 1.41. The maximum Gasteiger partial charge on any atom is 0.126 e. The zero-order valence-electron chi connectivity index (χ0n) is 7.71. The van der Waals surface area contributed by atoms with Crippen molar-refractivity contribution >= 4 is 17.4 Å². The number of anilines is 1. The number of rotatable bonds is 1. The molecule has 14 heavy (non-hydrogen) atoms. The summed E-state index contributed by atoms with van der Waals surface area (Å²) in [6.07, 6.45) is 1.70. The van der Waals surface area contributed by atoms with Crippen molar-refractivity contribution in [3.05, 3.63) is 35.0 Å². The summed E-state index contributed by atoms with van der Waals surface area (Å²) in [7, 11) is 0. The summed E-state index contributed by atoms with van der Waals surface area (Å²) in [6, 6.07) is 5.73. The van der Waals surface area contributed by atoms with Crippen LogP contribution in [0.4, 0.5) is 5.82 Å². The van der Waals surface area contributed by atoms with Gasteiger partial charge in [-0.05, 0) is 24.1 Å². The summed E-state index contributed by atoms with van der Waals surface area (Å²) in [5.74, 6) is 0.565. The van der Waals surface area contributed by atoms with Gasteiger partial charge in [-0.1, -0.05) is 23.7 Å². The molecule has 0 aliphatic rings. The zero-order chi connectivity index (χ0) is 10.1. The van der Waals surface area contributed by atoms with Gasteiger partial charge in [0.2, 0.25) is 0 Å². The number of nitrogens with two attached hydrogens (primary N) is 1. The normalized spacial score (nSPS) is 10.4. The third-order valence-corrected chi connectivity index (χ3v) is 2.64. The molecule has 4 heteroatoms. The fraction of sp³-hybridized carbons (Fsp3) is 0.100. The predicted molar refractivity (Wildman–Crippen MR) is 58.2 cm³/mol. The third-order valence-electron chi connectivity index (χ3n) is 2.23. The number of nitrogens with zero attached hydrogens (tertiary/aromatic N) is 1. The molecule has 2 aromatic rings. The molecule has 1 heterocycles. The first-order valence-electron chi connectivity index (χ1n) is 4.24. The van der Waals surface area contributed by atoms with Gasteiger partial charge in [0.1, 0.15) is 5.82 Å². The van der Waals surface area contributed by atoms with Crippen LogP contribution in [0.1, 0.15) is 5.56 Å². The average molecular weight is 208 g/mol. The molecule has 0 saturated carbocycles. The maximum atomic E-state index is 6.01. The van der Waals surface area contributed by atoms with E-state index in [2.05, 4.69) is 10.2 Å². The first kappa shape index (κ1) is 9.09. The highest BCUT2D eigenvalue weighted by Crippen LogP contribution is 2.30. The molecule has 3 nitrogen and oxygen atoms in total. The van der Waals surface area contributed by atoms with Gasteiger partial charge in [0.25, 0.3) is 0 Å². The van der Waals surface area contributed by atoms with Gasteiger partial charge in [-0.3, -0.25) is 5.10 Å². The molecule has 1 aromatic carbocycles. The van der Waals surface area contributed by atoms with Crippen LogP contribution in [0.25, 0.3) is 11.1 Å². The third kappa shape index (κ3) is 1.36. The monoisotopic (exact) mass is 207 g/mol. The van der Waals surface area contributed by atoms with E-state index in [0.29, 0.717) is 5.82 Å². The van der Waals surface area contributed by atoms with Crippen LogP contribution in [0.15, 0.2) is 24.4 Å². The van der Waals surface area contributed by atoms with Gasteiger partial charge in [-0.2, -0.15) is 5.10 Å². The molecule has 2 rings (SSSR count). The zero-order valence-corrected chi connectivity index (χ0v) is 8.47. The van der Waals surface area contributed by atoms with Gasteiger partial charge in [-0.15, -0.1) is 0 Å². The van der Waals surface area contributed by atoms with Crippen molar-refractivity contribution in [2.24, 2.45) is 0 Å². The minimum Gasteiger partial charge on any atom is -0.384 e. The summed E-state index contributed by atoms with van der Waals surface area (Å²) in [5.41, 5.74) is 8.66.